The molecule has 0 aromatic carbocycles. The Bertz CT molecular complexity index is 338. The number of rotatable bonds is 2. The van der Waals surface area contributed by atoms with Crippen molar-refractivity contribution in [3.8, 4) is 0 Å². The fraction of sp³-hybridized carbons (Fsp3) is 0.667. The molecule has 1 rings (SSSR count). The maximum atomic E-state index is 11.4. The minimum Gasteiger partial charge on any atom is -0.369 e. The molecule has 0 aliphatic carbocycles. The monoisotopic (exact) mass is 266 g/mol. The molecular weight excluding hydrogens is 250 g/mol. The Kier molecular flexibility index (Phi) is 4.34. The number of thiocarbonyl (C=S) groups is 1. The van der Waals surface area contributed by atoms with Crippen LogP contribution in [-0.4, -0.2) is 25.9 Å². The van der Waals surface area contributed by atoms with Crippen LogP contribution < -0.4 is 5.32 Å². The molecule has 0 fully saturated rings. The van der Waals surface area contributed by atoms with E-state index < -0.39 is 10.2 Å². The number of hydrogen-bond donors (Lipinski definition) is 2. The summed E-state index contributed by atoms with van der Waals surface area (Å²) in [6.45, 7) is 5.90. The van der Waals surface area contributed by atoms with Crippen LogP contribution in [0.5, 0.6) is 0 Å². The van der Waals surface area contributed by atoms with Crippen LogP contribution in [0, 0.1) is 0 Å². The Labute approximate surface area is 101 Å². The van der Waals surface area contributed by atoms with Gasteiger partial charge in [-0.1, -0.05) is 28.2 Å². The lowest BCUT2D eigenvalue weighted by Gasteiger charge is -2.13. The van der Waals surface area contributed by atoms with Crippen molar-refractivity contribution in [2.24, 2.45) is 0 Å². The highest BCUT2D eigenvalue weighted by Crippen LogP contribution is 2.31. The molecule has 86 valence electrons. The zero-order valence-corrected chi connectivity index (χ0v) is 11.5. The third kappa shape index (κ3) is 4.22. The summed E-state index contributed by atoms with van der Waals surface area (Å²) in [7, 11) is -2.74. The van der Waals surface area contributed by atoms with E-state index in [1.807, 2.05) is 20.8 Å². The Balaban J connectivity index is 2.52. The number of hydrogen-bond acceptors (Lipinski definition) is 3. The van der Waals surface area contributed by atoms with Crippen LogP contribution in [0.1, 0.15) is 20.8 Å². The van der Waals surface area contributed by atoms with Crippen molar-refractivity contribution in [1.82, 2.24) is 5.32 Å². The predicted molar refractivity (Wildman–Crippen MR) is 71.6 cm³/mol. The predicted octanol–water partition coefficient (Wildman–Crippen LogP) is 2.26. The van der Waals surface area contributed by atoms with Crippen LogP contribution in [0.2, 0.25) is 0 Å². The quantitative estimate of drug-likeness (QED) is 0.593. The second-order valence-corrected chi connectivity index (χ2v) is 7.74. The standard InChI is InChI=1S/C9H15NO2S3/c1-6(2)10-9(13)14-8-5-15(11,12)4-7(8)3/h4,6,8H,5H2,1-3H3,(H-,10,11,12,13)/p+1/t8-/m1/s1. The van der Waals surface area contributed by atoms with E-state index in [4.69, 9.17) is 12.2 Å². The van der Waals surface area contributed by atoms with E-state index in [-0.39, 0.29) is 11.0 Å². The van der Waals surface area contributed by atoms with E-state index in [1.54, 1.807) is 0 Å². The van der Waals surface area contributed by atoms with Gasteiger partial charge in [0.05, 0.1) is 5.25 Å². The van der Waals surface area contributed by atoms with Gasteiger partial charge in [0.2, 0.25) is 10.2 Å². The average Bonchev–Trinajstić information content (AvgIpc) is 2.22. The van der Waals surface area contributed by atoms with E-state index >= 15 is 0 Å². The minimum absolute atomic E-state index is 0.0428. The highest BCUT2D eigenvalue weighted by molar-refractivity contribution is 8.24. The Morgan fingerprint density at radius 2 is 2.40 bits per heavy atom. The Morgan fingerprint density at radius 1 is 1.80 bits per heavy atom. The summed E-state index contributed by atoms with van der Waals surface area (Å²) in [6, 6.07) is 0.300. The lowest BCUT2D eigenvalue weighted by Crippen LogP contribution is -2.28. The maximum Gasteiger partial charge on any atom is 0.242 e. The summed E-state index contributed by atoms with van der Waals surface area (Å²) >= 11 is 6.60. The van der Waals surface area contributed by atoms with Crippen molar-refractivity contribution in [3.63, 3.8) is 0 Å². The molecule has 15 heavy (non-hydrogen) atoms. The largest absolute Gasteiger partial charge is 0.369 e. The molecule has 0 saturated heterocycles. The third-order valence-corrected chi connectivity index (χ3v) is 5.25. The minimum atomic E-state index is -2.74. The highest BCUT2D eigenvalue weighted by Gasteiger charge is 2.38. The molecule has 6 heteroatoms. The number of thioether (sulfide) groups is 1. The lowest BCUT2D eigenvalue weighted by molar-refractivity contribution is 0.509. The fourth-order valence-corrected chi connectivity index (χ4v) is 5.17. The van der Waals surface area contributed by atoms with Crippen molar-refractivity contribution in [2.45, 2.75) is 32.1 Å². The van der Waals surface area contributed by atoms with Crippen LogP contribution in [-0.2, 0) is 14.4 Å². The summed E-state index contributed by atoms with van der Waals surface area (Å²) in [5, 5.41) is 4.61. The van der Waals surface area contributed by atoms with Crippen LogP contribution in [0.25, 0.3) is 0 Å². The van der Waals surface area contributed by atoms with Crippen molar-refractivity contribution in [1.29, 1.82) is 0 Å². The van der Waals surface area contributed by atoms with Gasteiger partial charge >= 0.3 is 0 Å². The molecule has 2 atom stereocenters. The van der Waals surface area contributed by atoms with Gasteiger partial charge in [-0.15, -0.1) is 0 Å². The highest BCUT2D eigenvalue weighted by atomic mass is 32.3. The molecule has 0 radical (unpaired) electrons. The second-order valence-electron chi connectivity index (χ2n) is 3.91. The van der Waals surface area contributed by atoms with Gasteiger partial charge in [-0.2, -0.15) is 4.55 Å². The van der Waals surface area contributed by atoms with E-state index in [0.29, 0.717) is 10.4 Å². The van der Waals surface area contributed by atoms with Gasteiger partial charge in [-0.3, -0.25) is 0 Å². The first kappa shape index (κ1) is 13.2. The van der Waals surface area contributed by atoms with Crippen molar-refractivity contribution >= 4 is 38.5 Å². The van der Waals surface area contributed by atoms with Crippen molar-refractivity contribution in [3.05, 3.63) is 11.0 Å². The van der Waals surface area contributed by atoms with Crippen LogP contribution in [0.15, 0.2) is 11.0 Å². The molecule has 0 saturated carbocycles. The summed E-state index contributed by atoms with van der Waals surface area (Å²) in [6.07, 6.45) is 0. The molecular formula is C9H16NO2S3+. The molecule has 1 aliphatic rings. The summed E-state index contributed by atoms with van der Waals surface area (Å²) in [5.41, 5.74) is 0.945. The van der Waals surface area contributed by atoms with Gasteiger partial charge in [0.25, 0.3) is 0 Å². The van der Waals surface area contributed by atoms with E-state index in [1.165, 1.54) is 17.2 Å². The first-order valence-electron chi connectivity index (χ1n) is 4.70. The van der Waals surface area contributed by atoms with Crippen LogP contribution in [0.3, 0.4) is 0 Å². The normalized spacial score (nSPS) is 30.5. The summed E-state index contributed by atoms with van der Waals surface area (Å²) in [5.74, 6) is 0.281. The number of nitrogens with one attached hydrogen (secondary N) is 1. The van der Waals surface area contributed by atoms with Crippen LogP contribution >= 0.6 is 24.0 Å². The zero-order chi connectivity index (χ0) is 11.6. The smallest absolute Gasteiger partial charge is 0.242 e. The molecule has 0 aromatic heterocycles. The molecule has 2 N–H and O–H groups in total. The average molecular weight is 266 g/mol. The fourth-order valence-electron chi connectivity index (χ4n) is 1.29. The topological polar surface area (TPSA) is 49.3 Å². The summed E-state index contributed by atoms with van der Waals surface area (Å²) < 4.78 is 21.5. The first-order chi connectivity index (χ1) is 6.80. The summed E-state index contributed by atoms with van der Waals surface area (Å²) in [4.78, 5) is 0. The molecule has 3 nitrogen and oxygen atoms in total. The zero-order valence-electron chi connectivity index (χ0n) is 9.02. The molecule has 0 aromatic rings. The maximum absolute atomic E-state index is 11.4. The van der Waals surface area contributed by atoms with Gasteiger partial charge in [0, 0.05) is 6.04 Å². The van der Waals surface area contributed by atoms with Crippen molar-refractivity contribution in [2.75, 3.05) is 5.75 Å². The molecule has 0 amide bonds. The Morgan fingerprint density at radius 3 is 2.80 bits per heavy atom. The molecule has 1 aliphatic heterocycles. The second kappa shape index (κ2) is 4.95. The van der Waals surface area contributed by atoms with E-state index in [0.717, 1.165) is 5.57 Å². The molecule has 0 bridgehead atoms. The molecule has 1 heterocycles. The first-order valence-corrected chi connectivity index (χ1v) is 7.73. The molecule has 0 spiro atoms. The lowest BCUT2D eigenvalue weighted by atomic mass is 10.3. The van der Waals surface area contributed by atoms with Gasteiger partial charge < -0.3 is 5.32 Å². The van der Waals surface area contributed by atoms with Gasteiger partial charge in [-0.25, -0.2) is 0 Å². The Hall–Kier alpha value is 0.0900. The van der Waals surface area contributed by atoms with E-state index in [9.17, 15) is 8.76 Å². The van der Waals surface area contributed by atoms with Gasteiger partial charge in [-0.05, 0) is 26.3 Å². The van der Waals surface area contributed by atoms with Gasteiger partial charge in [0.1, 0.15) is 4.32 Å². The van der Waals surface area contributed by atoms with Gasteiger partial charge in [0.15, 0.2) is 11.2 Å². The SMILES string of the molecule is CC1=C[S+](=O)(O)C[C@H]1SC(=S)NC(C)C. The van der Waals surface area contributed by atoms with Crippen molar-refractivity contribution < 1.29 is 8.76 Å². The van der Waals surface area contributed by atoms with E-state index in [2.05, 4.69) is 5.32 Å². The third-order valence-electron chi connectivity index (χ3n) is 1.92. The molecule has 1 unspecified atom stereocenters. The van der Waals surface area contributed by atoms with Crippen LogP contribution in [0.4, 0.5) is 0 Å².